The maximum absolute atomic E-state index is 12.4. The van der Waals surface area contributed by atoms with E-state index in [-0.39, 0.29) is 18.6 Å². The van der Waals surface area contributed by atoms with Gasteiger partial charge in [-0.25, -0.2) is 0 Å². The van der Waals surface area contributed by atoms with Crippen molar-refractivity contribution in [1.29, 1.82) is 0 Å². The Morgan fingerprint density at radius 1 is 1.26 bits per heavy atom. The molecular formula is C16H20N2O5. The summed E-state index contributed by atoms with van der Waals surface area (Å²) >= 11 is 0. The Labute approximate surface area is 134 Å². The van der Waals surface area contributed by atoms with Gasteiger partial charge in [0.1, 0.15) is 0 Å². The molecule has 7 heteroatoms. The summed E-state index contributed by atoms with van der Waals surface area (Å²) in [6.45, 7) is 3.52. The molecule has 0 unspecified atom stereocenters. The van der Waals surface area contributed by atoms with Crippen LogP contribution in [0.3, 0.4) is 0 Å². The highest BCUT2D eigenvalue weighted by Gasteiger charge is 2.19. The molecule has 0 fully saturated rings. The van der Waals surface area contributed by atoms with Crippen molar-refractivity contribution in [1.82, 2.24) is 5.32 Å². The maximum Gasteiger partial charge on any atom is 0.307 e. The van der Waals surface area contributed by atoms with Crippen LogP contribution in [0.1, 0.15) is 16.8 Å². The van der Waals surface area contributed by atoms with Crippen molar-refractivity contribution in [3.05, 3.63) is 42.5 Å². The molecule has 0 saturated heterocycles. The lowest BCUT2D eigenvalue weighted by molar-refractivity contribution is -0.141. The number of para-hydroxylation sites is 1. The Morgan fingerprint density at radius 2 is 1.96 bits per heavy atom. The van der Waals surface area contributed by atoms with Gasteiger partial charge in [-0.1, -0.05) is 18.7 Å². The molecule has 0 aliphatic heterocycles. The van der Waals surface area contributed by atoms with Crippen LogP contribution in [0.15, 0.2) is 36.9 Å². The van der Waals surface area contributed by atoms with Crippen LogP contribution in [-0.4, -0.2) is 44.7 Å². The molecule has 0 spiro atoms. The summed E-state index contributed by atoms with van der Waals surface area (Å²) in [4.78, 5) is 35.2. The molecule has 23 heavy (non-hydrogen) atoms. The highest BCUT2D eigenvalue weighted by Crippen LogP contribution is 2.15. The molecule has 2 amide bonds. The number of anilines is 1. The van der Waals surface area contributed by atoms with Gasteiger partial charge >= 0.3 is 5.97 Å². The first-order chi connectivity index (χ1) is 11.0. The van der Waals surface area contributed by atoms with E-state index in [4.69, 9.17) is 4.74 Å². The summed E-state index contributed by atoms with van der Waals surface area (Å²) in [6, 6.07) is 5.99. The molecule has 7 nitrogen and oxygen atoms in total. The van der Waals surface area contributed by atoms with Gasteiger partial charge in [0.15, 0.2) is 0 Å². The SMILES string of the molecule is C=CC(=O)Nc1ccccc1C(=O)N[C@@H](COC)CC(=O)OC. The first kappa shape index (κ1) is 18.4. The van der Waals surface area contributed by atoms with Crippen LogP contribution in [0, 0.1) is 0 Å². The van der Waals surface area contributed by atoms with Gasteiger partial charge < -0.3 is 20.1 Å². The second-order valence-corrected chi connectivity index (χ2v) is 4.64. The van der Waals surface area contributed by atoms with Crippen molar-refractivity contribution in [3.63, 3.8) is 0 Å². The molecule has 0 aliphatic rings. The molecular weight excluding hydrogens is 300 g/mol. The number of hydrogen-bond donors (Lipinski definition) is 2. The summed E-state index contributed by atoms with van der Waals surface area (Å²) in [7, 11) is 2.74. The molecule has 1 atom stereocenters. The van der Waals surface area contributed by atoms with E-state index in [1.807, 2.05) is 0 Å². The molecule has 0 aromatic heterocycles. The van der Waals surface area contributed by atoms with Gasteiger partial charge in [-0.3, -0.25) is 14.4 Å². The Balaban J connectivity index is 2.88. The van der Waals surface area contributed by atoms with Gasteiger partial charge in [-0.15, -0.1) is 0 Å². The fourth-order valence-electron chi connectivity index (χ4n) is 1.87. The number of ether oxygens (including phenoxy) is 2. The molecule has 124 valence electrons. The quantitative estimate of drug-likeness (QED) is 0.553. The van der Waals surface area contributed by atoms with Crippen LogP contribution in [0.25, 0.3) is 0 Å². The van der Waals surface area contributed by atoms with Gasteiger partial charge in [0.05, 0.1) is 37.4 Å². The first-order valence-corrected chi connectivity index (χ1v) is 6.90. The zero-order chi connectivity index (χ0) is 17.2. The number of carbonyl (C=O) groups excluding carboxylic acids is 3. The second-order valence-electron chi connectivity index (χ2n) is 4.64. The lowest BCUT2D eigenvalue weighted by atomic mass is 10.1. The third-order valence-electron chi connectivity index (χ3n) is 2.96. The molecule has 0 heterocycles. The van der Waals surface area contributed by atoms with Gasteiger partial charge in [0.25, 0.3) is 5.91 Å². The van der Waals surface area contributed by atoms with Crippen molar-refractivity contribution >= 4 is 23.5 Å². The van der Waals surface area contributed by atoms with Crippen LogP contribution in [0.4, 0.5) is 5.69 Å². The van der Waals surface area contributed by atoms with Crippen molar-refractivity contribution < 1.29 is 23.9 Å². The second kappa shape index (κ2) is 9.37. The largest absolute Gasteiger partial charge is 0.469 e. The van der Waals surface area contributed by atoms with Gasteiger partial charge in [0.2, 0.25) is 5.91 Å². The van der Waals surface area contributed by atoms with E-state index >= 15 is 0 Å². The molecule has 0 bridgehead atoms. The monoisotopic (exact) mass is 320 g/mol. The Bertz CT molecular complexity index is 586. The summed E-state index contributed by atoms with van der Waals surface area (Å²) < 4.78 is 9.58. The fourth-order valence-corrected chi connectivity index (χ4v) is 1.87. The lowest BCUT2D eigenvalue weighted by Gasteiger charge is -2.18. The Kier molecular flexibility index (Phi) is 7.49. The van der Waals surface area contributed by atoms with E-state index < -0.39 is 23.8 Å². The third-order valence-corrected chi connectivity index (χ3v) is 2.96. The molecule has 1 rings (SSSR count). The fraction of sp³-hybridized carbons (Fsp3) is 0.312. The molecule has 0 saturated carbocycles. The average Bonchev–Trinajstić information content (AvgIpc) is 2.55. The van der Waals surface area contributed by atoms with Crippen LogP contribution >= 0.6 is 0 Å². The Hall–Kier alpha value is -2.67. The van der Waals surface area contributed by atoms with Crippen molar-refractivity contribution in [2.24, 2.45) is 0 Å². The summed E-state index contributed by atoms with van der Waals surface area (Å²) in [6.07, 6.45) is 1.09. The summed E-state index contributed by atoms with van der Waals surface area (Å²) in [5.74, 6) is -1.32. The van der Waals surface area contributed by atoms with E-state index in [1.165, 1.54) is 14.2 Å². The van der Waals surface area contributed by atoms with Crippen LogP contribution in [0.2, 0.25) is 0 Å². The summed E-state index contributed by atoms with van der Waals surface area (Å²) in [5.41, 5.74) is 0.623. The minimum Gasteiger partial charge on any atom is -0.469 e. The van der Waals surface area contributed by atoms with Gasteiger partial charge in [-0.05, 0) is 18.2 Å². The van der Waals surface area contributed by atoms with Crippen molar-refractivity contribution in [2.75, 3.05) is 26.1 Å². The lowest BCUT2D eigenvalue weighted by Crippen LogP contribution is -2.40. The predicted molar refractivity (Wildman–Crippen MR) is 85.0 cm³/mol. The van der Waals surface area contributed by atoms with Crippen molar-refractivity contribution in [3.8, 4) is 0 Å². The number of benzene rings is 1. The minimum absolute atomic E-state index is 0.0166. The smallest absolute Gasteiger partial charge is 0.307 e. The molecule has 0 aliphatic carbocycles. The van der Waals surface area contributed by atoms with E-state index in [9.17, 15) is 14.4 Å². The standard InChI is InChI=1S/C16H20N2O5/c1-4-14(19)18-13-8-6-5-7-12(13)16(21)17-11(10-22-2)9-15(20)23-3/h4-8,11H,1,9-10H2,2-3H3,(H,17,21)(H,18,19)/t11-/m1/s1. The third kappa shape index (κ3) is 5.91. The highest BCUT2D eigenvalue weighted by molar-refractivity contribution is 6.06. The zero-order valence-corrected chi connectivity index (χ0v) is 13.1. The summed E-state index contributed by atoms with van der Waals surface area (Å²) in [5, 5.41) is 5.25. The molecule has 1 aromatic carbocycles. The van der Waals surface area contributed by atoms with Crippen molar-refractivity contribution in [2.45, 2.75) is 12.5 Å². The molecule has 0 radical (unpaired) electrons. The van der Waals surface area contributed by atoms with Crippen LogP contribution in [-0.2, 0) is 19.1 Å². The van der Waals surface area contributed by atoms with Gasteiger partial charge in [-0.2, -0.15) is 0 Å². The van der Waals surface area contributed by atoms with Crippen LogP contribution < -0.4 is 10.6 Å². The Morgan fingerprint density at radius 3 is 2.57 bits per heavy atom. The normalized spacial score (nSPS) is 11.2. The highest BCUT2D eigenvalue weighted by atomic mass is 16.5. The van der Waals surface area contributed by atoms with Crippen LogP contribution in [0.5, 0.6) is 0 Å². The number of methoxy groups -OCH3 is 2. The number of amides is 2. The van der Waals surface area contributed by atoms with E-state index in [0.717, 1.165) is 6.08 Å². The molecule has 2 N–H and O–H groups in total. The van der Waals surface area contributed by atoms with E-state index in [0.29, 0.717) is 5.69 Å². The first-order valence-electron chi connectivity index (χ1n) is 6.90. The minimum atomic E-state index is -0.539. The predicted octanol–water partition coefficient (Wildman–Crippen LogP) is 1.12. The van der Waals surface area contributed by atoms with E-state index in [1.54, 1.807) is 24.3 Å². The zero-order valence-electron chi connectivity index (χ0n) is 13.1. The average molecular weight is 320 g/mol. The number of nitrogens with one attached hydrogen (secondary N) is 2. The number of carbonyl (C=O) groups is 3. The topological polar surface area (TPSA) is 93.7 Å². The van der Waals surface area contributed by atoms with Gasteiger partial charge in [0, 0.05) is 7.11 Å². The maximum atomic E-state index is 12.4. The van der Waals surface area contributed by atoms with E-state index in [2.05, 4.69) is 21.9 Å². The number of esters is 1. The number of hydrogen-bond acceptors (Lipinski definition) is 5. The molecule has 1 aromatic rings. The number of rotatable bonds is 8.